The van der Waals surface area contributed by atoms with E-state index in [4.69, 9.17) is 0 Å². The molecular formula is C23H20FN3O2. The van der Waals surface area contributed by atoms with Gasteiger partial charge in [0.15, 0.2) is 0 Å². The van der Waals surface area contributed by atoms with E-state index >= 15 is 0 Å². The first-order chi connectivity index (χ1) is 14.1. The Hall–Kier alpha value is -3.54. The molecule has 5 nitrogen and oxygen atoms in total. The number of carbonyl (C=O) groups is 2. The second kappa shape index (κ2) is 8.22. The number of hydrogen-bond donors (Lipinski definition) is 1. The van der Waals surface area contributed by atoms with Crippen LogP contribution in [0.5, 0.6) is 0 Å². The summed E-state index contributed by atoms with van der Waals surface area (Å²) in [4.78, 5) is 31.2. The fourth-order valence-electron chi connectivity index (χ4n) is 3.45. The van der Waals surface area contributed by atoms with Crippen molar-refractivity contribution in [3.8, 4) is 0 Å². The van der Waals surface area contributed by atoms with Crippen LogP contribution in [-0.2, 0) is 12.8 Å². The summed E-state index contributed by atoms with van der Waals surface area (Å²) in [6.45, 7) is 1.02. The second-order valence-electron chi connectivity index (χ2n) is 6.90. The van der Waals surface area contributed by atoms with Gasteiger partial charge in [-0.2, -0.15) is 0 Å². The van der Waals surface area contributed by atoms with Gasteiger partial charge in [-0.3, -0.25) is 14.6 Å². The summed E-state index contributed by atoms with van der Waals surface area (Å²) < 4.78 is 12.9. The Bertz CT molecular complexity index is 1050. The van der Waals surface area contributed by atoms with Gasteiger partial charge in [0.2, 0.25) is 0 Å². The predicted molar refractivity (Wildman–Crippen MR) is 108 cm³/mol. The number of pyridine rings is 1. The van der Waals surface area contributed by atoms with Crippen LogP contribution in [-0.4, -0.2) is 29.9 Å². The van der Waals surface area contributed by atoms with Crippen molar-refractivity contribution in [1.82, 2.24) is 10.3 Å². The van der Waals surface area contributed by atoms with Crippen molar-refractivity contribution in [1.29, 1.82) is 0 Å². The van der Waals surface area contributed by atoms with Gasteiger partial charge in [0.25, 0.3) is 11.8 Å². The molecule has 0 atom stereocenters. The molecule has 29 heavy (non-hydrogen) atoms. The molecule has 0 unspecified atom stereocenters. The maximum absolute atomic E-state index is 12.9. The summed E-state index contributed by atoms with van der Waals surface area (Å²) in [5.41, 5.74) is 3.62. The summed E-state index contributed by atoms with van der Waals surface area (Å²) in [5.74, 6) is -0.773. The molecule has 0 saturated heterocycles. The number of aromatic nitrogens is 1. The Morgan fingerprint density at radius 3 is 2.69 bits per heavy atom. The second-order valence-corrected chi connectivity index (χ2v) is 6.90. The Labute approximate surface area is 168 Å². The average Bonchev–Trinajstić information content (AvgIpc) is 3.19. The number of fused-ring (bicyclic) bond motifs is 1. The maximum atomic E-state index is 12.9. The van der Waals surface area contributed by atoms with E-state index in [9.17, 15) is 14.0 Å². The Kier molecular flexibility index (Phi) is 5.33. The van der Waals surface area contributed by atoms with Crippen LogP contribution in [0.2, 0.25) is 0 Å². The van der Waals surface area contributed by atoms with E-state index in [0.29, 0.717) is 25.1 Å². The maximum Gasteiger partial charge on any atom is 0.269 e. The normalized spacial score (nSPS) is 12.5. The van der Waals surface area contributed by atoms with E-state index < -0.39 is 0 Å². The van der Waals surface area contributed by atoms with Gasteiger partial charge < -0.3 is 10.2 Å². The van der Waals surface area contributed by atoms with Gasteiger partial charge in [0.1, 0.15) is 11.5 Å². The lowest BCUT2D eigenvalue weighted by Gasteiger charge is -2.17. The van der Waals surface area contributed by atoms with Gasteiger partial charge in [-0.25, -0.2) is 4.39 Å². The van der Waals surface area contributed by atoms with Crippen LogP contribution in [0.4, 0.5) is 10.1 Å². The summed E-state index contributed by atoms with van der Waals surface area (Å²) in [6.07, 6.45) is 2.88. The van der Waals surface area contributed by atoms with E-state index in [1.807, 2.05) is 24.3 Å². The molecule has 1 N–H and O–H groups in total. The van der Waals surface area contributed by atoms with Crippen molar-refractivity contribution in [3.63, 3.8) is 0 Å². The molecule has 2 amide bonds. The number of rotatable bonds is 5. The quantitative estimate of drug-likeness (QED) is 0.728. The van der Waals surface area contributed by atoms with Crippen LogP contribution in [0, 0.1) is 5.82 Å². The minimum absolute atomic E-state index is 0.141. The highest BCUT2D eigenvalue weighted by Gasteiger charge is 2.25. The zero-order valence-corrected chi connectivity index (χ0v) is 15.8. The molecule has 146 valence electrons. The SMILES string of the molecule is O=C(NCCc1ccc(F)cc1)c1cc(C(=O)N2CCc3ccccc32)ccn1. The van der Waals surface area contributed by atoms with Gasteiger partial charge in [-0.1, -0.05) is 30.3 Å². The number of benzene rings is 2. The highest BCUT2D eigenvalue weighted by atomic mass is 19.1. The van der Waals surface area contributed by atoms with Crippen LogP contribution in [0.15, 0.2) is 66.9 Å². The summed E-state index contributed by atoms with van der Waals surface area (Å²) in [7, 11) is 0. The number of para-hydroxylation sites is 1. The molecule has 4 rings (SSSR count). The number of anilines is 1. The van der Waals surface area contributed by atoms with Crippen molar-refractivity contribution < 1.29 is 14.0 Å². The highest BCUT2D eigenvalue weighted by Crippen LogP contribution is 2.28. The van der Waals surface area contributed by atoms with Gasteiger partial charge in [0, 0.05) is 30.5 Å². The zero-order valence-electron chi connectivity index (χ0n) is 15.8. The van der Waals surface area contributed by atoms with Crippen molar-refractivity contribution in [2.45, 2.75) is 12.8 Å². The predicted octanol–water partition coefficient (Wildman–Crippen LogP) is 3.40. The monoisotopic (exact) mass is 389 g/mol. The van der Waals surface area contributed by atoms with E-state index in [1.165, 1.54) is 24.4 Å². The molecular weight excluding hydrogens is 369 g/mol. The molecule has 0 spiro atoms. The molecule has 0 bridgehead atoms. The molecule has 1 aromatic heterocycles. The molecule has 2 aromatic carbocycles. The minimum atomic E-state index is -0.344. The Morgan fingerprint density at radius 2 is 1.86 bits per heavy atom. The number of halogens is 1. The molecule has 1 aliphatic rings. The van der Waals surface area contributed by atoms with Crippen LogP contribution in [0.3, 0.4) is 0 Å². The molecule has 1 aliphatic heterocycles. The summed E-state index contributed by atoms with van der Waals surface area (Å²) in [6, 6.07) is 17.1. The first-order valence-electron chi connectivity index (χ1n) is 9.50. The van der Waals surface area contributed by atoms with Gasteiger partial charge >= 0.3 is 0 Å². The van der Waals surface area contributed by atoms with E-state index in [2.05, 4.69) is 10.3 Å². The highest BCUT2D eigenvalue weighted by molar-refractivity contribution is 6.08. The molecule has 0 fully saturated rings. The summed E-state index contributed by atoms with van der Waals surface area (Å²) in [5, 5.41) is 2.79. The first-order valence-corrected chi connectivity index (χ1v) is 9.50. The van der Waals surface area contributed by atoms with Crippen LogP contribution < -0.4 is 10.2 Å². The molecule has 0 aliphatic carbocycles. The fourth-order valence-corrected chi connectivity index (χ4v) is 3.45. The smallest absolute Gasteiger partial charge is 0.269 e. The third-order valence-electron chi connectivity index (χ3n) is 4.98. The zero-order chi connectivity index (χ0) is 20.2. The standard InChI is InChI=1S/C23H20FN3O2/c24-19-7-5-16(6-8-19)9-12-26-22(28)20-15-18(10-13-25-20)23(29)27-14-11-17-3-1-2-4-21(17)27/h1-8,10,13,15H,9,11-12,14H2,(H,26,28). The number of amides is 2. The minimum Gasteiger partial charge on any atom is -0.350 e. The molecule has 2 heterocycles. The lowest BCUT2D eigenvalue weighted by atomic mass is 10.1. The van der Waals surface area contributed by atoms with Crippen LogP contribution >= 0.6 is 0 Å². The summed E-state index contributed by atoms with van der Waals surface area (Å²) >= 11 is 0. The van der Waals surface area contributed by atoms with Gasteiger partial charge in [0.05, 0.1) is 0 Å². The van der Waals surface area contributed by atoms with Crippen molar-refractivity contribution in [2.75, 3.05) is 18.0 Å². The third-order valence-corrected chi connectivity index (χ3v) is 4.98. The van der Waals surface area contributed by atoms with Gasteiger partial charge in [-0.15, -0.1) is 0 Å². The third kappa shape index (κ3) is 4.16. The van der Waals surface area contributed by atoms with Crippen molar-refractivity contribution in [2.24, 2.45) is 0 Å². The number of nitrogens with one attached hydrogen (secondary N) is 1. The van der Waals surface area contributed by atoms with Crippen LogP contribution in [0.25, 0.3) is 0 Å². The van der Waals surface area contributed by atoms with Crippen LogP contribution in [0.1, 0.15) is 32.0 Å². The largest absolute Gasteiger partial charge is 0.350 e. The van der Waals surface area contributed by atoms with Gasteiger partial charge in [-0.05, 0) is 54.3 Å². The average molecular weight is 389 g/mol. The van der Waals surface area contributed by atoms with Crippen molar-refractivity contribution >= 4 is 17.5 Å². The van der Waals surface area contributed by atoms with E-state index in [0.717, 1.165) is 23.2 Å². The molecule has 0 saturated carbocycles. The lowest BCUT2D eigenvalue weighted by molar-refractivity contribution is 0.0949. The lowest BCUT2D eigenvalue weighted by Crippen LogP contribution is -2.30. The number of nitrogens with zero attached hydrogens (tertiary/aromatic N) is 2. The topological polar surface area (TPSA) is 62.3 Å². The molecule has 3 aromatic rings. The van der Waals surface area contributed by atoms with Crippen molar-refractivity contribution in [3.05, 3.63) is 95.1 Å². The number of carbonyl (C=O) groups excluding carboxylic acids is 2. The molecule has 0 radical (unpaired) electrons. The number of hydrogen-bond acceptors (Lipinski definition) is 3. The molecule has 6 heteroatoms. The first kappa shape index (κ1) is 18.8. The Balaban J connectivity index is 1.41. The van der Waals surface area contributed by atoms with E-state index in [1.54, 1.807) is 23.1 Å². The van der Waals surface area contributed by atoms with E-state index in [-0.39, 0.29) is 23.3 Å². The fraction of sp³-hybridized carbons (Fsp3) is 0.174. The Morgan fingerprint density at radius 1 is 1.07 bits per heavy atom.